The van der Waals surface area contributed by atoms with E-state index >= 15 is 0 Å². The Morgan fingerprint density at radius 3 is 2.61 bits per heavy atom. The minimum atomic E-state index is -1.13. The van der Waals surface area contributed by atoms with E-state index in [-0.39, 0.29) is 43.4 Å². The van der Waals surface area contributed by atoms with Crippen molar-refractivity contribution < 1.29 is 24.2 Å². The Morgan fingerprint density at radius 2 is 1.85 bits per heavy atom. The number of amides is 2. The van der Waals surface area contributed by atoms with E-state index in [1.54, 1.807) is 19.2 Å². The van der Waals surface area contributed by atoms with E-state index in [1.807, 2.05) is 42.5 Å². The number of hydrogen-bond acceptors (Lipinski definition) is 5. The first kappa shape index (κ1) is 20.7. The molecule has 1 N–H and O–H groups in total. The first-order valence-corrected chi connectivity index (χ1v) is 10.6. The molecule has 33 heavy (non-hydrogen) atoms. The highest BCUT2D eigenvalue weighted by molar-refractivity contribution is 6.04. The van der Waals surface area contributed by atoms with E-state index in [0.717, 1.165) is 5.56 Å². The summed E-state index contributed by atoms with van der Waals surface area (Å²) in [5, 5.41) is 14.2. The largest absolute Gasteiger partial charge is 0.489 e. The minimum Gasteiger partial charge on any atom is -0.489 e. The van der Waals surface area contributed by atoms with Crippen molar-refractivity contribution in [2.45, 2.75) is 19.0 Å². The number of ether oxygens (including phenoxy) is 1. The molecule has 3 heterocycles. The van der Waals surface area contributed by atoms with Crippen LogP contribution in [0.1, 0.15) is 32.1 Å². The third kappa shape index (κ3) is 3.51. The summed E-state index contributed by atoms with van der Waals surface area (Å²) < 4.78 is 7.22. The number of carbonyl (C=O) groups is 3. The standard InChI is InChI=1S/C24H22N4O5/c1-26-17-9-5-6-10-19(17)33-14-18(22(26)29)27-12-11-16-20(23(27)30)25-28(21(16)24(31)32)13-15-7-3-2-4-8-15/h2-10,18H,11-14H2,1H3,(H,31,32)/t18-/m0/s1. The van der Waals surface area contributed by atoms with E-state index in [1.165, 1.54) is 14.5 Å². The summed E-state index contributed by atoms with van der Waals surface area (Å²) in [6, 6.07) is 15.7. The van der Waals surface area contributed by atoms with E-state index in [0.29, 0.717) is 17.0 Å². The molecule has 0 spiro atoms. The quantitative estimate of drug-likeness (QED) is 0.658. The topological polar surface area (TPSA) is 105 Å². The summed E-state index contributed by atoms with van der Waals surface area (Å²) in [5.41, 5.74) is 1.99. The number of fused-ring (bicyclic) bond motifs is 2. The van der Waals surface area contributed by atoms with E-state index < -0.39 is 17.9 Å². The Labute approximate surface area is 189 Å². The Hall–Kier alpha value is -4.14. The van der Waals surface area contributed by atoms with Crippen LogP contribution in [-0.2, 0) is 17.8 Å². The second kappa shape index (κ2) is 8.09. The average molecular weight is 446 g/mol. The molecule has 0 fully saturated rings. The Balaban J connectivity index is 1.47. The molecular weight excluding hydrogens is 424 g/mol. The Bertz CT molecular complexity index is 1250. The van der Waals surface area contributed by atoms with Gasteiger partial charge in [-0.05, 0) is 24.1 Å². The maximum absolute atomic E-state index is 13.4. The highest BCUT2D eigenvalue weighted by Gasteiger charge is 2.41. The second-order valence-corrected chi connectivity index (χ2v) is 8.06. The lowest BCUT2D eigenvalue weighted by Gasteiger charge is -2.33. The highest BCUT2D eigenvalue weighted by Crippen LogP contribution is 2.32. The molecule has 2 aliphatic rings. The van der Waals surface area contributed by atoms with Crippen LogP contribution in [0.25, 0.3) is 0 Å². The summed E-state index contributed by atoms with van der Waals surface area (Å²) in [6.45, 7) is 0.442. The fourth-order valence-corrected chi connectivity index (χ4v) is 4.45. The van der Waals surface area contributed by atoms with Gasteiger partial charge in [0.1, 0.15) is 18.4 Å². The van der Waals surface area contributed by atoms with Crippen molar-refractivity contribution in [1.82, 2.24) is 14.7 Å². The number of rotatable bonds is 4. The fraction of sp³-hybridized carbons (Fsp3) is 0.250. The van der Waals surface area contributed by atoms with E-state index in [4.69, 9.17) is 4.74 Å². The van der Waals surface area contributed by atoms with Gasteiger partial charge in [0.15, 0.2) is 11.4 Å². The van der Waals surface area contributed by atoms with Gasteiger partial charge in [-0.25, -0.2) is 4.79 Å². The van der Waals surface area contributed by atoms with Crippen molar-refractivity contribution in [1.29, 1.82) is 0 Å². The predicted molar refractivity (Wildman–Crippen MR) is 119 cm³/mol. The summed E-state index contributed by atoms with van der Waals surface area (Å²) in [5.74, 6) is -1.29. The zero-order valence-corrected chi connectivity index (χ0v) is 18.0. The van der Waals surface area contributed by atoms with Crippen LogP contribution in [0.2, 0.25) is 0 Å². The van der Waals surface area contributed by atoms with Gasteiger partial charge in [-0.2, -0.15) is 5.10 Å². The third-order valence-corrected chi connectivity index (χ3v) is 6.11. The molecule has 0 radical (unpaired) electrons. The van der Waals surface area contributed by atoms with Crippen LogP contribution in [0, 0.1) is 0 Å². The number of likely N-dealkylation sites (N-methyl/N-ethyl adjacent to an activating group) is 1. The number of nitrogens with zero attached hydrogens (tertiary/aromatic N) is 4. The maximum Gasteiger partial charge on any atom is 0.354 e. The van der Waals surface area contributed by atoms with Crippen molar-refractivity contribution in [3.05, 3.63) is 77.1 Å². The maximum atomic E-state index is 13.4. The van der Waals surface area contributed by atoms with Gasteiger partial charge in [0.25, 0.3) is 11.8 Å². The lowest BCUT2D eigenvalue weighted by atomic mass is 10.0. The normalized spacial score (nSPS) is 17.8. The molecule has 0 saturated carbocycles. The summed E-state index contributed by atoms with van der Waals surface area (Å²) in [6.07, 6.45) is 0.290. The molecule has 2 aliphatic heterocycles. The van der Waals surface area contributed by atoms with Crippen LogP contribution in [-0.4, -0.2) is 63.8 Å². The zero-order valence-electron chi connectivity index (χ0n) is 18.0. The number of aromatic nitrogens is 2. The van der Waals surface area contributed by atoms with Crippen molar-refractivity contribution in [2.24, 2.45) is 0 Å². The van der Waals surface area contributed by atoms with Crippen LogP contribution >= 0.6 is 0 Å². The van der Waals surface area contributed by atoms with Gasteiger partial charge < -0.3 is 19.6 Å². The second-order valence-electron chi connectivity index (χ2n) is 8.06. The van der Waals surface area contributed by atoms with Gasteiger partial charge in [-0.3, -0.25) is 14.3 Å². The summed E-state index contributed by atoms with van der Waals surface area (Å²) in [4.78, 5) is 41.6. The molecule has 168 valence electrons. The molecule has 2 aromatic carbocycles. The summed E-state index contributed by atoms with van der Waals surface area (Å²) in [7, 11) is 1.65. The van der Waals surface area contributed by atoms with Gasteiger partial charge in [-0.1, -0.05) is 42.5 Å². The number of carboxylic acids is 1. The third-order valence-electron chi connectivity index (χ3n) is 6.11. The van der Waals surface area contributed by atoms with Gasteiger partial charge >= 0.3 is 5.97 Å². The monoisotopic (exact) mass is 446 g/mol. The fourth-order valence-electron chi connectivity index (χ4n) is 4.45. The molecule has 3 aromatic rings. The SMILES string of the molecule is CN1C(=O)[C@@H](N2CCc3c(nn(Cc4ccccc4)c3C(=O)O)C2=O)COc2ccccc21. The number of carbonyl (C=O) groups excluding carboxylic acids is 2. The van der Waals surface area contributed by atoms with Crippen LogP contribution in [0.3, 0.4) is 0 Å². The van der Waals surface area contributed by atoms with Crippen LogP contribution in [0.15, 0.2) is 54.6 Å². The number of benzene rings is 2. The lowest BCUT2D eigenvalue weighted by molar-refractivity contribution is -0.123. The Morgan fingerprint density at radius 1 is 1.12 bits per heavy atom. The molecule has 5 rings (SSSR count). The number of para-hydroxylation sites is 2. The van der Waals surface area contributed by atoms with Gasteiger partial charge in [0.05, 0.1) is 12.2 Å². The molecule has 2 amide bonds. The molecule has 1 atom stereocenters. The number of carboxylic acid groups (broad SMARTS) is 1. The van der Waals surface area contributed by atoms with E-state index in [9.17, 15) is 19.5 Å². The van der Waals surface area contributed by atoms with Crippen molar-refractivity contribution in [3.63, 3.8) is 0 Å². The number of aromatic carboxylic acids is 1. The Kier molecular flexibility index (Phi) is 5.08. The molecule has 0 aliphatic carbocycles. The molecule has 0 bridgehead atoms. The minimum absolute atomic E-state index is 0.00909. The number of hydrogen-bond donors (Lipinski definition) is 1. The molecular formula is C24H22N4O5. The zero-order chi connectivity index (χ0) is 23.1. The molecule has 0 unspecified atom stereocenters. The van der Waals surface area contributed by atoms with Gasteiger partial charge in [-0.15, -0.1) is 0 Å². The van der Waals surface area contributed by atoms with Gasteiger partial charge in [0, 0.05) is 19.2 Å². The van der Waals surface area contributed by atoms with Crippen LogP contribution < -0.4 is 9.64 Å². The molecule has 9 nitrogen and oxygen atoms in total. The van der Waals surface area contributed by atoms with Crippen molar-refractivity contribution in [2.75, 3.05) is 25.1 Å². The first-order chi connectivity index (χ1) is 16.0. The van der Waals surface area contributed by atoms with E-state index in [2.05, 4.69) is 5.10 Å². The summed E-state index contributed by atoms with van der Waals surface area (Å²) >= 11 is 0. The molecule has 0 saturated heterocycles. The first-order valence-electron chi connectivity index (χ1n) is 10.6. The van der Waals surface area contributed by atoms with Crippen LogP contribution in [0.5, 0.6) is 5.75 Å². The van der Waals surface area contributed by atoms with Crippen LogP contribution in [0.4, 0.5) is 5.69 Å². The highest BCUT2D eigenvalue weighted by atomic mass is 16.5. The molecule has 9 heteroatoms. The average Bonchev–Trinajstić information content (AvgIpc) is 3.14. The number of anilines is 1. The van der Waals surface area contributed by atoms with Crippen molar-refractivity contribution in [3.8, 4) is 5.75 Å². The molecule has 1 aromatic heterocycles. The van der Waals surface area contributed by atoms with Gasteiger partial charge in [0.2, 0.25) is 0 Å². The predicted octanol–water partition coefficient (Wildman–Crippen LogP) is 2.05. The lowest BCUT2D eigenvalue weighted by Crippen LogP contribution is -2.54. The smallest absolute Gasteiger partial charge is 0.354 e. The van der Waals surface area contributed by atoms with Crippen molar-refractivity contribution >= 4 is 23.5 Å².